The molecular formula is C10H13N5. The fraction of sp³-hybridized carbons (Fsp3) is 0.300. The molecule has 0 fully saturated rings. The van der Waals surface area contributed by atoms with Crippen molar-refractivity contribution in [2.45, 2.75) is 19.9 Å². The van der Waals surface area contributed by atoms with Crippen LogP contribution in [0.5, 0.6) is 0 Å². The molecule has 2 N–H and O–H groups in total. The molecule has 5 nitrogen and oxygen atoms in total. The molecule has 0 spiro atoms. The Morgan fingerprint density at radius 1 is 1.47 bits per heavy atom. The fourth-order valence-corrected chi connectivity index (χ4v) is 1.35. The van der Waals surface area contributed by atoms with Gasteiger partial charge in [-0.1, -0.05) is 5.57 Å². The SMILES string of the molecule is C=C(C)CCn1cnc2ncnc-2c1N. The van der Waals surface area contributed by atoms with Gasteiger partial charge in [0, 0.05) is 6.54 Å². The van der Waals surface area contributed by atoms with Gasteiger partial charge in [-0.15, -0.1) is 6.58 Å². The molecule has 0 radical (unpaired) electrons. The minimum Gasteiger partial charge on any atom is -0.383 e. The molecule has 0 bridgehead atoms. The van der Waals surface area contributed by atoms with E-state index >= 15 is 0 Å². The third kappa shape index (κ3) is 1.81. The van der Waals surface area contributed by atoms with Crippen LogP contribution in [0.4, 0.5) is 5.82 Å². The Morgan fingerprint density at radius 2 is 2.27 bits per heavy atom. The topological polar surface area (TPSA) is 69.6 Å². The second-order valence-corrected chi connectivity index (χ2v) is 3.58. The van der Waals surface area contributed by atoms with Crippen molar-refractivity contribution in [1.29, 1.82) is 0 Å². The number of nitrogens with two attached hydrogens (primary N) is 1. The molecule has 0 aromatic heterocycles. The van der Waals surface area contributed by atoms with Gasteiger partial charge in [-0.25, -0.2) is 15.0 Å². The third-order valence-electron chi connectivity index (χ3n) is 2.23. The number of aryl methyl sites for hydroxylation is 1. The first-order valence-electron chi connectivity index (χ1n) is 4.74. The van der Waals surface area contributed by atoms with Gasteiger partial charge in [0.2, 0.25) is 0 Å². The molecule has 5 heteroatoms. The molecule has 78 valence electrons. The highest BCUT2D eigenvalue weighted by molar-refractivity contribution is 5.64. The number of nitrogens with zero attached hydrogens (tertiary/aromatic N) is 4. The number of nitrogen functional groups attached to an aromatic ring is 1. The van der Waals surface area contributed by atoms with Crippen LogP contribution in [0.15, 0.2) is 24.8 Å². The summed E-state index contributed by atoms with van der Waals surface area (Å²) in [4.78, 5) is 12.2. The molecule has 2 aliphatic rings. The zero-order valence-corrected chi connectivity index (χ0v) is 8.64. The summed E-state index contributed by atoms with van der Waals surface area (Å²) in [5, 5.41) is 0. The lowest BCUT2D eigenvalue weighted by Gasteiger charge is -2.11. The van der Waals surface area contributed by atoms with E-state index in [0.29, 0.717) is 17.3 Å². The number of hydrogen-bond acceptors (Lipinski definition) is 4. The second-order valence-electron chi connectivity index (χ2n) is 3.58. The molecule has 0 saturated heterocycles. The van der Waals surface area contributed by atoms with Gasteiger partial charge < -0.3 is 10.3 Å². The van der Waals surface area contributed by atoms with Crippen LogP contribution in [0.1, 0.15) is 13.3 Å². The van der Waals surface area contributed by atoms with E-state index in [1.165, 1.54) is 6.33 Å². The van der Waals surface area contributed by atoms with Crippen molar-refractivity contribution in [3.05, 3.63) is 24.8 Å². The van der Waals surface area contributed by atoms with E-state index < -0.39 is 0 Å². The predicted octanol–water partition coefficient (Wildman–Crippen LogP) is 1.33. The monoisotopic (exact) mass is 203 g/mol. The van der Waals surface area contributed by atoms with Gasteiger partial charge in [-0.2, -0.15) is 0 Å². The fourth-order valence-electron chi connectivity index (χ4n) is 1.35. The van der Waals surface area contributed by atoms with Crippen LogP contribution in [0.25, 0.3) is 11.5 Å². The highest BCUT2D eigenvalue weighted by Crippen LogP contribution is 2.21. The minimum atomic E-state index is 0.596. The standard InChI is InChI=1S/C10H13N5/c1-7(2)3-4-15-6-14-10-8(9(15)11)12-5-13-10/h5-6H,1,3-4,11H2,2H3. The molecule has 0 amide bonds. The van der Waals surface area contributed by atoms with Crippen molar-refractivity contribution in [3.8, 4) is 11.5 Å². The zero-order valence-electron chi connectivity index (χ0n) is 8.64. The number of hydrogen-bond donors (Lipinski definition) is 1. The molecule has 2 heterocycles. The number of aromatic nitrogens is 4. The van der Waals surface area contributed by atoms with E-state index in [2.05, 4.69) is 21.5 Å². The van der Waals surface area contributed by atoms with Gasteiger partial charge >= 0.3 is 0 Å². The minimum absolute atomic E-state index is 0.596. The van der Waals surface area contributed by atoms with Gasteiger partial charge in [-0.3, -0.25) is 0 Å². The molecular weight excluding hydrogens is 190 g/mol. The van der Waals surface area contributed by atoms with Crippen LogP contribution >= 0.6 is 0 Å². The van der Waals surface area contributed by atoms with E-state index in [4.69, 9.17) is 5.73 Å². The quantitative estimate of drug-likeness (QED) is 0.764. The molecule has 0 atom stereocenters. The van der Waals surface area contributed by atoms with E-state index in [9.17, 15) is 0 Å². The normalized spacial score (nSPS) is 10.7. The summed E-state index contributed by atoms with van der Waals surface area (Å²) >= 11 is 0. The summed E-state index contributed by atoms with van der Waals surface area (Å²) < 4.78 is 1.87. The molecule has 0 aromatic rings. The lowest BCUT2D eigenvalue weighted by Crippen LogP contribution is -2.10. The van der Waals surface area contributed by atoms with E-state index in [-0.39, 0.29) is 0 Å². The summed E-state index contributed by atoms with van der Waals surface area (Å²) in [7, 11) is 0. The van der Waals surface area contributed by atoms with Crippen molar-refractivity contribution in [2.75, 3.05) is 5.73 Å². The molecule has 0 unspecified atom stereocenters. The Balaban J connectivity index is 2.32. The molecule has 2 aliphatic heterocycles. The summed E-state index contributed by atoms with van der Waals surface area (Å²) in [6.07, 6.45) is 4.04. The number of fused-ring (bicyclic) bond motifs is 1. The first kappa shape index (κ1) is 9.64. The Morgan fingerprint density at radius 3 is 3.00 bits per heavy atom. The highest BCUT2D eigenvalue weighted by atomic mass is 15.1. The van der Waals surface area contributed by atoms with Crippen LogP contribution in [-0.4, -0.2) is 19.5 Å². The molecule has 0 aromatic carbocycles. The molecule has 2 rings (SSSR count). The van der Waals surface area contributed by atoms with Crippen LogP contribution in [0.3, 0.4) is 0 Å². The largest absolute Gasteiger partial charge is 0.383 e. The lowest BCUT2D eigenvalue weighted by molar-refractivity contribution is 0.682. The second kappa shape index (κ2) is 3.68. The molecule has 0 saturated carbocycles. The van der Waals surface area contributed by atoms with E-state index in [1.54, 1.807) is 6.33 Å². The van der Waals surface area contributed by atoms with Crippen LogP contribution in [0.2, 0.25) is 0 Å². The number of imidazole rings is 1. The highest BCUT2D eigenvalue weighted by Gasteiger charge is 2.12. The van der Waals surface area contributed by atoms with E-state index in [0.717, 1.165) is 18.5 Å². The van der Waals surface area contributed by atoms with E-state index in [1.807, 2.05) is 11.5 Å². The van der Waals surface area contributed by atoms with Gasteiger partial charge in [0.25, 0.3) is 0 Å². The summed E-state index contributed by atoms with van der Waals surface area (Å²) in [6, 6.07) is 0. The first-order valence-corrected chi connectivity index (χ1v) is 4.74. The average Bonchev–Trinajstić information content (AvgIpc) is 2.65. The van der Waals surface area contributed by atoms with Crippen LogP contribution in [0, 0.1) is 0 Å². The zero-order chi connectivity index (χ0) is 10.8. The van der Waals surface area contributed by atoms with Crippen LogP contribution < -0.4 is 5.73 Å². The van der Waals surface area contributed by atoms with Gasteiger partial charge in [0.05, 0.1) is 6.33 Å². The van der Waals surface area contributed by atoms with Gasteiger partial charge in [0.15, 0.2) is 5.82 Å². The Hall–Kier alpha value is -1.91. The van der Waals surface area contributed by atoms with Crippen molar-refractivity contribution in [2.24, 2.45) is 0 Å². The Bertz CT molecular complexity index is 459. The Kier molecular flexibility index (Phi) is 2.37. The maximum atomic E-state index is 5.94. The molecule has 15 heavy (non-hydrogen) atoms. The van der Waals surface area contributed by atoms with Crippen molar-refractivity contribution >= 4 is 5.82 Å². The van der Waals surface area contributed by atoms with Crippen molar-refractivity contribution in [1.82, 2.24) is 19.5 Å². The first-order chi connectivity index (χ1) is 7.18. The number of allylic oxidation sites excluding steroid dienone is 1. The third-order valence-corrected chi connectivity index (χ3v) is 2.23. The summed E-state index contributed by atoms with van der Waals surface area (Å²) in [5.41, 5.74) is 7.73. The van der Waals surface area contributed by atoms with Gasteiger partial charge in [0.1, 0.15) is 17.8 Å². The summed E-state index contributed by atoms with van der Waals surface area (Å²) in [5.74, 6) is 1.21. The summed E-state index contributed by atoms with van der Waals surface area (Å²) in [6.45, 7) is 6.62. The molecule has 0 aliphatic carbocycles. The Labute approximate surface area is 88.0 Å². The van der Waals surface area contributed by atoms with Crippen LogP contribution in [-0.2, 0) is 6.54 Å². The lowest BCUT2D eigenvalue weighted by atomic mass is 10.2. The smallest absolute Gasteiger partial charge is 0.184 e. The van der Waals surface area contributed by atoms with Crippen molar-refractivity contribution in [3.63, 3.8) is 0 Å². The number of anilines is 1. The number of rotatable bonds is 3. The maximum absolute atomic E-state index is 5.94. The average molecular weight is 203 g/mol. The van der Waals surface area contributed by atoms with Crippen molar-refractivity contribution < 1.29 is 0 Å². The maximum Gasteiger partial charge on any atom is 0.184 e. The van der Waals surface area contributed by atoms with Gasteiger partial charge in [-0.05, 0) is 13.3 Å². The predicted molar refractivity (Wildman–Crippen MR) is 58.3 cm³/mol.